The van der Waals surface area contributed by atoms with Crippen molar-refractivity contribution >= 4 is 17.5 Å². The van der Waals surface area contributed by atoms with Gasteiger partial charge in [0.25, 0.3) is 0 Å². The Morgan fingerprint density at radius 3 is 2.38 bits per heavy atom. The molecule has 1 aromatic rings. The maximum Gasteiger partial charge on any atom is 0.239 e. The van der Waals surface area contributed by atoms with Gasteiger partial charge in [-0.2, -0.15) is 0 Å². The lowest BCUT2D eigenvalue weighted by molar-refractivity contribution is -0.134. The van der Waals surface area contributed by atoms with Crippen molar-refractivity contribution in [3.8, 4) is 0 Å². The summed E-state index contributed by atoms with van der Waals surface area (Å²) in [5.41, 5.74) is 6.40. The summed E-state index contributed by atoms with van der Waals surface area (Å²) < 4.78 is 0. The number of rotatable bonds is 4. The summed E-state index contributed by atoms with van der Waals surface area (Å²) in [6, 6.07) is 8.93. The maximum atomic E-state index is 12.0. The van der Waals surface area contributed by atoms with Crippen molar-refractivity contribution in [3.05, 3.63) is 30.3 Å². The number of nitrogens with one attached hydrogen (secondary N) is 1. The first-order valence-electron chi connectivity index (χ1n) is 7.18. The van der Waals surface area contributed by atoms with Crippen LogP contribution in [0.5, 0.6) is 0 Å². The van der Waals surface area contributed by atoms with Crippen molar-refractivity contribution in [1.29, 1.82) is 0 Å². The second-order valence-electron chi connectivity index (χ2n) is 5.30. The molecule has 1 atom stereocenters. The Labute approximate surface area is 124 Å². The van der Waals surface area contributed by atoms with Crippen molar-refractivity contribution in [3.63, 3.8) is 0 Å². The van der Waals surface area contributed by atoms with Crippen LogP contribution in [0.3, 0.4) is 0 Å². The van der Waals surface area contributed by atoms with Gasteiger partial charge in [-0.15, -0.1) is 0 Å². The Morgan fingerprint density at radius 2 is 1.81 bits per heavy atom. The number of hydrogen-bond acceptors (Lipinski definition) is 4. The lowest BCUT2D eigenvalue weighted by Gasteiger charge is -2.35. The highest BCUT2D eigenvalue weighted by atomic mass is 16.2. The molecule has 6 nitrogen and oxygen atoms in total. The molecule has 0 aromatic heterocycles. The Morgan fingerprint density at radius 1 is 1.19 bits per heavy atom. The average molecular weight is 290 g/mol. The molecule has 0 bridgehead atoms. The first-order chi connectivity index (χ1) is 10.1. The molecule has 0 spiro atoms. The number of benzene rings is 1. The standard InChI is InChI=1S/C15H22N4O2/c1-12(16)15(21)19-9-7-18(8-10-19)11-14(20)17-13-5-3-2-4-6-13/h2-6,12H,7-11,16H2,1H3,(H,17,20)/t12-/m1/s1. The predicted molar refractivity (Wildman–Crippen MR) is 81.7 cm³/mol. The van der Waals surface area contributed by atoms with Crippen molar-refractivity contribution in [2.75, 3.05) is 38.0 Å². The number of hydrogen-bond donors (Lipinski definition) is 2. The normalized spacial score (nSPS) is 17.3. The second-order valence-corrected chi connectivity index (χ2v) is 5.30. The van der Waals surface area contributed by atoms with E-state index < -0.39 is 6.04 Å². The van der Waals surface area contributed by atoms with Gasteiger partial charge < -0.3 is 16.0 Å². The van der Waals surface area contributed by atoms with Crippen molar-refractivity contribution in [1.82, 2.24) is 9.80 Å². The fraction of sp³-hybridized carbons (Fsp3) is 0.467. The summed E-state index contributed by atoms with van der Waals surface area (Å²) in [7, 11) is 0. The summed E-state index contributed by atoms with van der Waals surface area (Å²) in [5, 5.41) is 2.86. The molecule has 1 aliphatic rings. The SMILES string of the molecule is C[C@@H](N)C(=O)N1CCN(CC(=O)Nc2ccccc2)CC1. The van der Waals surface area contributed by atoms with Crippen LogP contribution in [0.25, 0.3) is 0 Å². The number of carbonyl (C=O) groups excluding carboxylic acids is 2. The molecule has 0 aliphatic carbocycles. The fourth-order valence-electron chi connectivity index (χ4n) is 2.34. The lowest BCUT2D eigenvalue weighted by atomic mass is 10.2. The third-order valence-electron chi connectivity index (χ3n) is 3.50. The molecule has 1 saturated heterocycles. The average Bonchev–Trinajstić information content (AvgIpc) is 2.48. The zero-order chi connectivity index (χ0) is 15.2. The number of carbonyl (C=O) groups is 2. The largest absolute Gasteiger partial charge is 0.339 e. The van der Waals surface area contributed by atoms with E-state index in [4.69, 9.17) is 5.73 Å². The van der Waals surface area contributed by atoms with Gasteiger partial charge in [-0.1, -0.05) is 18.2 Å². The van der Waals surface area contributed by atoms with Crippen LogP contribution in [-0.2, 0) is 9.59 Å². The minimum Gasteiger partial charge on any atom is -0.339 e. The van der Waals surface area contributed by atoms with E-state index in [-0.39, 0.29) is 11.8 Å². The van der Waals surface area contributed by atoms with Gasteiger partial charge in [0.15, 0.2) is 0 Å². The van der Waals surface area contributed by atoms with Gasteiger partial charge in [-0.05, 0) is 19.1 Å². The minimum atomic E-state index is -0.460. The van der Waals surface area contributed by atoms with Gasteiger partial charge in [0.05, 0.1) is 12.6 Å². The maximum absolute atomic E-state index is 12.0. The van der Waals surface area contributed by atoms with Gasteiger partial charge in [-0.3, -0.25) is 14.5 Å². The first kappa shape index (κ1) is 15.5. The van der Waals surface area contributed by atoms with E-state index in [0.29, 0.717) is 32.7 Å². The van der Waals surface area contributed by atoms with Gasteiger partial charge in [0.2, 0.25) is 11.8 Å². The molecular formula is C15H22N4O2. The molecule has 1 aromatic carbocycles. The molecule has 1 fully saturated rings. The highest BCUT2D eigenvalue weighted by Crippen LogP contribution is 2.07. The van der Waals surface area contributed by atoms with Gasteiger partial charge in [0.1, 0.15) is 0 Å². The zero-order valence-electron chi connectivity index (χ0n) is 12.3. The van der Waals surface area contributed by atoms with Crippen LogP contribution < -0.4 is 11.1 Å². The van der Waals surface area contributed by atoms with Crippen molar-refractivity contribution in [2.45, 2.75) is 13.0 Å². The summed E-state index contributed by atoms with van der Waals surface area (Å²) in [6.45, 7) is 4.68. The topological polar surface area (TPSA) is 78.7 Å². The summed E-state index contributed by atoms with van der Waals surface area (Å²) >= 11 is 0. The number of piperazine rings is 1. The highest BCUT2D eigenvalue weighted by Gasteiger charge is 2.23. The summed E-state index contributed by atoms with van der Waals surface area (Å²) in [4.78, 5) is 27.5. The first-order valence-corrected chi connectivity index (χ1v) is 7.18. The van der Waals surface area contributed by atoms with E-state index in [1.807, 2.05) is 35.2 Å². The lowest BCUT2D eigenvalue weighted by Crippen LogP contribution is -2.53. The minimum absolute atomic E-state index is 0.0246. The van der Waals surface area contributed by atoms with Crippen LogP contribution in [0, 0.1) is 0 Å². The van der Waals surface area contributed by atoms with Crippen LogP contribution in [0.15, 0.2) is 30.3 Å². The number of nitrogens with two attached hydrogens (primary N) is 1. The van der Waals surface area contributed by atoms with Crippen LogP contribution in [-0.4, -0.2) is 60.4 Å². The molecule has 3 N–H and O–H groups in total. The smallest absolute Gasteiger partial charge is 0.239 e. The molecule has 21 heavy (non-hydrogen) atoms. The van der Waals surface area contributed by atoms with Crippen LogP contribution >= 0.6 is 0 Å². The predicted octanol–water partition coefficient (Wildman–Crippen LogP) is 0.117. The molecule has 0 saturated carbocycles. The van der Waals surface area contributed by atoms with E-state index in [2.05, 4.69) is 5.32 Å². The summed E-state index contributed by atoms with van der Waals surface area (Å²) in [6.07, 6.45) is 0. The molecule has 2 amide bonds. The third kappa shape index (κ3) is 4.54. The fourth-order valence-corrected chi connectivity index (χ4v) is 2.34. The molecule has 6 heteroatoms. The molecule has 1 heterocycles. The van der Waals surface area contributed by atoms with Gasteiger partial charge in [0, 0.05) is 31.9 Å². The second kappa shape index (κ2) is 7.19. The van der Waals surface area contributed by atoms with Gasteiger partial charge in [-0.25, -0.2) is 0 Å². The summed E-state index contributed by atoms with van der Waals surface area (Å²) in [5.74, 6) is -0.0587. The van der Waals surface area contributed by atoms with Crippen LogP contribution in [0.1, 0.15) is 6.92 Å². The zero-order valence-corrected chi connectivity index (χ0v) is 12.3. The van der Waals surface area contributed by atoms with E-state index in [1.54, 1.807) is 11.8 Å². The molecule has 0 unspecified atom stereocenters. The quantitative estimate of drug-likeness (QED) is 0.825. The van der Waals surface area contributed by atoms with Gasteiger partial charge >= 0.3 is 0 Å². The Hall–Kier alpha value is -1.92. The molecule has 0 radical (unpaired) electrons. The van der Waals surface area contributed by atoms with Crippen LogP contribution in [0.4, 0.5) is 5.69 Å². The highest BCUT2D eigenvalue weighted by molar-refractivity contribution is 5.92. The number of para-hydroxylation sites is 1. The molecule has 1 aliphatic heterocycles. The third-order valence-corrected chi connectivity index (χ3v) is 3.50. The molecule has 2 rings (SSSR count). The molecule has 114 valence electrons. The van der Waals surface area contributed by atoms with Crippen molar-refractivity contribution in [2.24, 2.45) is 5.73 Å². The molecular weight excluding hydrogens is 268 g/mol. The number of amides is 2. The van der Waals surface area contributed by atoms with E-state index in [9.17, 15) is 9.59 Å². The van der Waals surface area contributed by atoms with Crippen molar-refractivity contribution < 1.29 is 9.59 Å². The monoisotopic (exact) mass is 290 g/mol. The number of nitrogens with zero attached hydrogens (tertiary/aromatic N) is 2. The Balaban J connectivity index is 1.76. The van der Waals surface area contributed by atoms with E-state index >= 15 is 0 Å². The van der Waals surface area contributed by atoms with E-state index in [1.165, 1.54) is 0 Å². The van der Waals surface area contributed by atoms with Crippen LogP contribution in [0.2, 0.25) is 0 Å². The van der Waals surface area contributed by atoms with E-state index in [0.717, 1.165) is 5.69 Å². The Bertz CT molecular complexity index is 482. The number of anilines is 1. The Kier molecular flexibility index (Phi) is 5.30.